The molecule has 8 heteroatoms. The van der Waals surface area contributed by atoms with Gasteiger partial charge in [0.2, 0.25) is 11.8 Å². The number of hydrogen-bond acceptors (Lipinski definition) is 6. The third kappa shape index (κ3) is 2.66. The number of aliphatic carboxylic acids is 1. The summed E-state index contributed by atoms with van der Waals surface area (Å²) in [6.07, 6.45) is 0.178. The van der Waals surface area contributed by atoms with Crippen LogP contribution in [-0.2, 0) is 14.4 Å². The predicted molar refractivity (Wildman–Crippen MR) is 95.1 cm³/mol. The second-order valence-electron chi connectivity index (χ2n) is 7.63. The van der Waals surface area contributed by atoms with Crippen molar-refractivity contribution in [3.63, 3.8) is 0 Å². The number of carboxylic acid groups (broad SMARTS) is 1. The summed E-state index contributed by atoms with van der Waals surface area (Å²) in [5, 5.41) is 23.7. The zero-order valence-electron chi connectivity index (χ0n) is 15.7. The number of carbonyl (C=O) groups excluding carboxylic acids is 2. The van der Waals surface area contributed by atoms with Gasteiger partial charge in [-0.3, -0.25) is 24.6 Å². The maximum atomic E-state index is 12.8. The molecule has 0 bridgehead atoms. The average molecular weight is 376 g/mol. The Morgan fingerprint density at radius 2 is 2.00 bits per heavy atom. The molecule has 1 aromatic carbocycles. The quantitative estimate of drug-likeness (QED) is 0.660. The summed E-state index contributed by atoms with van der Waals surface area (Å²) < 4.78 is 5.13. The topological polar surface area (TPSA) is 116 Å². The Hall–Kier alpha value is -2.61. The molecule has 3 N–H and O–H groups in total. The van der Waals surface area contributed by atoms with Gasteiger partial charge < -0.3 is 14.9 Å². The van der Waals surface area contributed by atoms with Gasteiger partial charge in [-0.15, -0.1) is 0 Å². The molecule has 8 nitrogen and oxygen atoms in total. The number of phenols is 1. The number of amides is 2. The van der Waals surface area contributed by atoms with Crippen molar-refractivity contribution >= 4 is 17.8 Å². The highest BCUT2D eigenvalue weighted by atomic mass is 16.5. The number of carboxylic acids is 1. The molecular weight excluding hydrogens is 352 g/mol. The predicted octanol–water partition coefficient (Wildman–Crippen LogP) is 1.15. The highest BCUT2D eigenvalue weighted by molar-refractivity contribution is 6.09. The number of hydrogen-bond donors (Lipinski definition) is 3. The highest BCUT2D eigenvalue weighted by Gasteiger charge is 2.68. The van der Waals surface area contributed by atoms with Crippen LogP contribution in [0.15, 0.2) is 18.2 Å². The molecule has 0 saturated carbocycles. The molecule has 4 atom stereocenters. The number of methoxy groups -OCH3 is 1. The molecule has 0 unspecified atom stereocenters. The summed E-state index contributed by atoms with van der Waals surface area (Å²) in [6.45, 7) is 3.73. The third-order valence-electron chi connectivity index (χ3n) is 5.57. The minimum absolute atomic E-state index is 0.0271. The lowest BCUT2D eigenvalue weighted by Gasteiger charge is -2.32. The molecule has 2 heterocycles. The van der Waals surface area contributed by atoms with E-state index >= 15 is 0 Å². The minimum Gasteiger partial charge on any atom is -0.504 e. The van der Waals surface area contributed by atoms with E-state index in [-0.39, 0.29) is 23.8 Å². The van der Waals surface area contributed by atoms with Crippen molar-refractivity contribution < 1.29 is 29.3 Å². The molecule has 27 heavy (non-hydrogen) atoms. The molecule has 0 aliphatic carbocycles. The van der Waals surface area contributed by atoms with Crippen LogP contribution in [0.2, 0.25) is 0 Å². The number of ether oxygens (including phenoxy) is 1. The van der Waals surface area contributed by atoms with E-state index in [0.29, 0.717) is 5.56 Å². The summed E-state index contributed by atoms with van der Waals surface area (Å²) in [6, 6.07) is 4.01. The lowest BCUT2D eigenvalue weighted by atomic mass is 9.75. The van der Waals surface area contributed by atoms with Crippen LogP contribution < -0.4 is 10.1 Å². The van der Waals surface area contributed by atoms with Crippen LogP contribution in [0.1, 0.15) is 31.9 Å². The number of nitrogens with one attached hydrogen (secondary N) is 1. The molecule has 2 fully saturated rings. The second kappa shape index (κ2) is 6.53. The molecule has 2 aliphatic heterocycles. The molecule has 146 valence electrons. The average Bonchev–Trinajstić information content (AvgIpc) is 3.05. The van der Waals surface area contributed by atoms with E-state index in [1.165, 1.54) is 14.2 Å². The number of fused-ring (bicyclic) bond motifs is 1. The Balaban J connectivity index is 2.18. The Labute approximate surface area is 157 Å². The van der Waals surface area contributed by atoms with Crippen molar-refractivity contribution in [3.8, 4) is 11.5 Å². The maximum absolute atomic E-state index is 12.8. The van der Waals surface area contributed by atoms with Crippen LogP contribution in [-0.4, -0.2) is 52.6 Å². The van der Waals surface area contributed by atoms with Crippen molar-refractivity contribution in [1.29, 1.82) is 0 Å². The second-order valence-corrected chi connectivity index (χ2v) is 7.63. The number of para-hydroxylation sites is 1. The number of likely N-dealkylation sites (tertiary alicyclic amines) is 1. The van der Waals surface area contributed by atoms with Crippen LogP contribution in [0.3, 0.4) is 0 Å². The van der Waals surface area contributed by atoms with E-state index < -0.39 is 41.2 Å². The van der Waals surface area contributed by atoms with Gasteiger partial charge in [-0.2, -0.15) is 0 Å². The van der Waals surface area contributed by atoms with Gasteiger partial charge in [-0.25, -0.2) is 0 Å². The van der Waals surface area contributed by atoms with Gasteiger partial charge in [0.15, 0.2) is 11.5 Å². The molecule has 0 spiro atoms. The molecule has 1 aromatic rings. The Bertz CT molecular complexity index is 807. The first-order chi connectivity index (χ1) is 12.7. The van der Waals surface area contributed by atoms with E-state index in [4.69, 9.17) is 4.74 Å². The van der Waals surface area contributed by atoms with Crippen molar-refractivity contribution in [2.24, 2.45) is 17.8 Å². The Morgan fingerprint density at radius 1 is 1.33 bits per heavy atom. The highest BCUT2D eigenvalue weighted by Crippen LogP contribution is 2.52. The van der Waals surface area contributed by atoms with Crippen LogP contribution in [0.25, 0.3) is 0 Å². The lowest BCUT2D eigenvalue weighted by molar-refractivity contribution is -0.151. The first-order valence-electron chi connectivity index (χ1n) is 8.84. The van der Waals surface area contributed by atoms with Gasteiger partial charge in [0.1, 0.15) is 5.54 Å². The van der Waals surface area contributed by atoms with E-state index in [0.717, 1.165) is 4.90 Å². The molecule has 3 rings (SSSR count). The molecule has 2 amide bonds. The fraction of sp³-hybridized carbons (Fsp3) is 0.526. The fourth-order valence-corrected chi connectivity index (χ4v) is 4.48. The summed E-state index contributed by atoms with van der Waals surface area (Å²) >= 11 is 0. The molecule has 0 radical (unpaired) electrons. The van der Waals surface area contributed by atoms with Crippen LogP contribution in [0.5, 0.6) is 11.5 Å². The molecule has 2 aliphatic rings. The van der Waals surface area contributed by atoms with Crippen molar-refractivity contribution in [2.75, 3.05) is 14.2 Å². The zero-order valence-corrected chi connectivity index (χ0v) is 15.7. The molecule has 2 saturated heterocycles. The van der Waals surface area contributed by atoms with Crippen molar-refractivity contribution in [3.05, 3.63) is 23.8 Å². The van der Waals surface area contributed by atoms with Gasteiger partial charge in [0.25, 0.3) is 0 Å². The smallest absolute Gasteiger partial charge is 0.324 e. The number of aromatic hydroxyl groups is 1. The Morgan fingerprint density at radius 3 is 2.56 bits per heavy atom. The summed E-state index contributed by atoms with van der Waals surface area (Å²) in [5.41, 5.74) is -1.25. The van der Waals surface area contributed by atoms with Gasteiger partial charge in [0.05, 0.1) is 18.9 Å². The van der Waals surface area contributed by atoms with E-state index in [9.17, 15) is 24.6 Å². The normalized spacial score (nSPS) is 30.1. The largest absolute Gasteiger partial charge is 0.504 e. The maximum Gasteiger partial charge on any atom is 0.324 e. The standard InChI is InChI=1S/C19H24N2O6/c1-9(2)8-19(18(25)26)13-12(16(23)21(3)17(13)24)14(20-19)10-6-5-7-11(27-4)15(10)22/h5-7,9,12-14,20,22H,8H2,1-4H3,(H,25,26)/t12-,13+,14+,19+/m1/s1. The number of rotatable bonds is 5. The van der Waals surface area contributed by atoms with Gasteiger partial charge in [0, 0.05) is 18.7 Å². The van der Waals surface area contributed by atoms with Gasteiger partial charge in [-0.05, 0) is 18.4 Å². The Kier molecular flexibility index (Phi) is 4.63. The van der Waals surface area contributed by atoms with Gasteiger partial charge >= 0.3 is 5.97 Å². The van der Waals surface area contributed by atoms with E-state index in [1.54, 1.807) is 18.2 Å². The third-order valence-corrected chi connectivity index (χ3v) is 5.57. The van der Waals surface area contributed by atoms with E-state index in [1.807, 2.05) is 13.8 Å². The van der Waals surface area contributed by atoms with Crippen molar-refractivity contribution in [2.45, 2.75) is 31.8 Å². The summed E-state index contributed by atoms with van der Waals surface area (Å²) in [5.74, 6) is -4.06. The van der Waals surface area contributed by atoms with Crippen LogP contribution >= 0.6 is 0 Å². The zero-order chi connectivity index (χ0) is 20.1. The SMILES string of the molecule is COc1cccc([C@@H]2N[C@](CC(C)C)(C(=O)O)[C@@H]3C(=O)N(C)C(=O)[C@H]32)c1O. The number of phenolic OH excluding ortho intramolecular Hbond substituents is 1. The fourth-order valence-electron chi connectivity index (χ4n) is 4.48. The number of imide groups is 1. The minimum atomic E-state index is -1.59. The number of benzene rings is 1. The lowest BCUT2D eigenvalue weighted by Crippen LogP contribution is -2.56. The molecule has 0 aromatic heterocycles. The molecular formula is C19H24N2O6. The van der Waals surface area contributed by atoms with Gasteiger partial charge in [-0.1, -0.05) is 26.0 Å². The summed E-state index contributed by atoms with van der Waals surface area (Å²) in [7, 11) is 2.77. The summed E-state index contributed by atoms with van der Waals surface area (Å²) in [4.78, 5) is 38.9. The monoisotopic (exact) mass is 376 g/mol. The first kappa shape index (κ1) is 19.2. The van der Waals surface area contributed by atoms with Crippen LogP contribution in [0, 0.1) is 17.8 Å². The number of nitrogens with zero attached hydrogens (tertiary/aromatic N) is 1. The van der Waals surface area contributed by atoms with E-state index in [2.05, 4.69) is 5.32 Å². The van der Waals surface area contributed by atoms with Crippen LogP contribution in [0.4, 0.5) is 0 Å². The first-order valence-corrected chi connectivity index (χ1v) is 8.84. The number of carbonyl (C=O) groups is 3. The van der Waals surface area contributed by atoms with Crippen molar-refractivity contribution in [1.82, 2.24) is 10.2 Å².